The lowest BCUT2D eigenvalue weighted by molar-refractivity contribution is -0.112. The molecule has 1 heterocycles. The Morgan fingerprint density at radius 3 is 2.79 bits per heavy atom. The Morgan fingerprint density at radius 1 is 1.37 bits per heavy atom. The van der Waals surface area contributed by atoms with Crippen molar-refractivity contribution in [3.8, 4) is 0 Å². The number of piperidine rings is 1. The second-order valence-corrected chi connectivity index (χ2v) is 5.02. The van der Waals surface area contributed by atoms with Gasteiger partial charge in [-0.2, -0.15) is 0 Å². The molecule has 4 heteroatoms. The van der Waals surface area contributed by atoms with Gasteiger partial charge in [0, 0.05) is 18.5 Å². The molecule has 2 atom stereocenters. The van der Waals surface area contributed by atoms with Crippen LogP contribution in [0, 0.1) is 5.92 Å². The van der Waals surface area contributed by atoms with Crippen LogP contribution in [-0.2, 0) is 16.1 Å². The van der Waals surface area contributed by atoms with Crippen molar-refractivity contribution in [3.63, 3.8) is 0 Å². The van der Waals surface area contributed by atoms with Gasteiger partial charge in [-0.15, -0.1) is 0 Å². The molecule has 1 saturated heterocycles. The number of nitrogens with zero attached hydrogens (tertiary/aromatic N) is 1. The smallest absolute Gasteiger partial charge is 0.410 e. The van der Waals surface area contributed by atoms with E-state index in [4.69, 9.17) is 4.74 Å². The Bertz CT molecular complexity index is 432. The highest BCUT2D eigenvalue weighted by Gasteiger charge is 2.29. The van der Waals surface area contributed by atoms with E-state index >= 15 is 0 Å². The molecule has 2 rings (SSSR count). The number of rotatable bonds is 3. The van der Waals surface area contributed by atoms with Gasteiger partial charge in [-0.25, -0.2) is 4.79 Å². The largest absolute Gasteiger partial charge is 0.445 e. The molecule has 4 nitrogen and oxygen atoms in total. The average molecular weight is 261 g/mol. The van der Waals surface area contributed by atoms with Gasteiger partial charge in [-0.3, -0.25) is 0 Å². The summed E-state index contributed by atoms with van der Waals surface area (Å²) in [5.41, 5.74) is 0.965. The second kappa shape index (κ2) is 6.36. The zero-order chi connectivity index (χ0) is 13.7. The van der Waals surface area contributed by atoms with E-state index in [0.717, 1.165) is 24.7 Å². The first-order valence-electron chi connectivity index (χ1n) is 6.63. The van der Waals surface area contributed by atoms with Crippen molar-refractivity contribution in [2.24, 2.45) is 5.92 Å². The number of amides is 1. The molecule has 1 aliphatic heterocycles. The third-order valence-electron chi connectivity index (χ3n) is 3.55. The van der Waals surface area contributed by atoms with E-state index in [0.29, 0.717) is 6.54 Å². The Labute approximate surface area is 113 Å². The van der Waals surface area contributed by atoms with Crippen LogP contribution >= 0.6 is 0 Å². The van der Waals surface area contributed by atoms with Gasteiger partial charge in [0.25, 0.3) is 0 Å². The van der Waals surface area contributed by atoms with E-state index in [1.54, 1.807) is 4.90 Å². The number of hydrogen-bond acceptors (Lipinski definition) is 3. The van der Waals surface area contributed by atoms with Crippen LogP contribution in [0.25, 0.3) is 0 Å². The Balaban J connectivity index is 1.89. The number of likely N-dealkylation sites (tertiary alicyclic amines) is 1. The average Bonchev–Trinajstić information content (AvgIpc) is 2.46. The van der Waals surface area contributed by atoms with Crippen molar-refractivity contribution in [3.05, 3.63) is 35.9 Å². The highest BCUT2D eigenvalue weighted by molar-refractivity contribution is 5.69. The van der Waals surface area contributed by atoms with Gasteiger partial charge in [0.05, 0.1) is 0 Å². The molecule has 1 fully saturated rings. The lowest BCUT2D eigenvalue weighted by Gasteiger charge is -2.35. The predicted molar refractivity (Wildman–Crippen MR) is 71.6 cm³/mol. The Kier molecular flexibility index (Phi) is 4.55. The minimum absolute atomic E-state index is 0.0551. The molecule has 0 radical (unpaired) electrons. The van der Waals surface area contributed by atoms with Crippen molar-refractivity contribution in [2.75, 3.05) is 6.54 Å². The quantitative estimate of drug-likeness (QED) is 0.786. The third-order valence-corrected chi connectivity index (χ3v) is 3.55. The maximum Gasteiger partial charge on any atom is 0.410 e. The van der Waals surface area contributed by atoms with Gasteiger partial charge in [0.15, 0.2) is 0 Å². The molecular formula is C15H19NO3. The van der Waals surface area contributed by atoms with Gasteiger partial charge in [0.1, 0.15) is 12.9 Å². The highest BCUT2D eigenvalue weighted by atomic mass is 16.6. The minimum Gasteiger partial charge on any atom is -0.445 e. The Hall–Kier alpha value is -1.84. The van der Waals surface area contributed by atoms with Gasteiger partial charge in [-0.1, -0.05) is 30.3 Å². The van der Waals surface area contributed by atoms with Crippen LogP contribution in [-0.4, -0.2) is 29.9 Å². The minimum atomic E-state index is -0.331. The fourth-order valence-corrected chi connectivity index (χ4v) is 2.30. The molecule has 0 spiro atoms. The van der Waals surface area contributed by atoms with Crippen LogP contribution < -0.4 is 0 Å². The summed E-state index contributed by atoms with van der Waals surface area (Å²) in [6, 6.07) is 9.72. The fourth-order valence-electron chi connectivity index (χ4n) is 2.30. The molecule has 102 valence electrons. The monoisotopic (exact) mass is 261 g/mol. The zero-order valence-corrected chi connectivity index (χ0v) is 11.1. The van der Waals surface area contributed by atoms with Crippen molar-refractivity contribution in [1.29, 1.82) is 0 Å². The summed E-state index contributed by atoms with van der Waals surface area (Å²) in [7, 11) is 0. The topological polar surface area (TPSA) is 46.6 Å². The number of hydrogen-bond donors (Lipinski definition) is 0. The number of aldehydes is 1. The Morgan fingerprint density at radius 2 is 2.11 bits per heavy atom. The molecule has 1 aromatic carbocycles. The lowest BCUT2D eigenvalue weighted by atomic mass is 9.95. The van der Waals surface area contributed by atoms with Gasteiger partial charge < -0.3 is 14.4 Å². The van der Waals surface area contributed by atoms with E-state index in [9.17, 15) is 9.59 Å². The second-order valence-electron chi connectivity index (χ2n) is 5.02. The highest BCUT2D eigenvalue weighted by Crippen LogP contribution is 2.21. The van der Waals surface area contributed by atoms with Crippen LogP contribution in [0.3, 0.4) is 0 Å². The van der Waals surface area contributed by atoms with Gasteiger partial charge in [-0.05, 0) is 25.3 Å². The van der Waals surface area contributed by atoms with Gasteiger partial charge >= 0.3 is 6.09 Å². The molecule has 1 aliphatic rings. The first-order chi connectivity index (χ1) is 9.20. The summed E-state index contributed by atoms with van der Waals surface area (Å²) in [4.78, 5) is 24.5. The van der Waals surface area contributed by atoms with E-state index in [2.05, 4.69) is 0 Å². The molecule has 0 aromatic heterocycles. The van der Waals surface area contributed by atoms with E-state index in [-0.39, 0.29) is 24.7 Å². The molecule has 1 amide bonds. The van der Waals surface area contributed by atoms with E-state index in [1.165, 1.54) is 0 Å². The molecule has 0 aliphatic carbocycles. The third kappa shape index (κ3) is 3.56. The molecule has 0 saturated carbocycles. The van der Waals surface area contributed by atoms with Crippen LogP contribution in [0.4, 0.5) is 4.79 Å². The van der Waals surface area contributed by atoms with E-state index in [1.807, 2.05) is 37.3 Å². The SMILES string of the molecule is C[C@@H]1CC[C@@H](C=O)CN1C(=O)OCc1ccccc1. The summed E-state index contributed by atoms with van der Waals surface area (Å²) in [6.45, 7) is 2.73. The van der Waals surface area contributed by atoms with Crippen molar-refractivity contribution >= 4 is 12.4 Å². The molecule has 0 bridgehead atoms. The van der Waals surface area contributed by atoms with Gasteiger partial charge in [0.2, 0.25) is 0 Å². The normalized spacial score (nSPS) is 22.9. The molecule has 0 unspecified atom stereocenters. The fraction of sp³-hybridized carbons (Fsp3) is 0.467. The standard InChI is InChI=1S/C15H19NO3/c1-12-7-8-14(10-17)9-16(12)15(18)19-11-13-5-3-2-4-6-13/h2-6,10,12,14H,7-9,11H2,1H3/t12-,14-/m1/s1. The van der Waals surface area contributed by atoms with Crippen molar-refractivity contribution < 1.29 is 14.3 Å². The number of benzene rings is 1. The first kappa shape index (κ1) is 13.6. The summed E-state index contributed by atoms with van der Waals surface area (Å²) < 4.78 is 5.30. The summed E-state index contributed by atoms with van der Waals surface area (Å²) >= 11 is 0. The number of carbonyl (C=O) groups excluding carboxylic acids is 2. The van der Waals surface area contributed by atoms with Crippen LogP contribution in [0.1, 0.15) is 25.3 Å². The summed E-state index contributed by atoms with van der Waals surface area (Å²) in [6.07, 6.45) is 2.31. The lowest BCUT2D eigenvalue weighted by Crippen LogP contribution is -2.46. The van der Waals surface area contributed by atoms with Crippen molar-refractivity contribution in [2.45, 2.75) is 32.4 Å². The van der Waals surface area contributed by atoms with Crippen LogP contribution in [0.15, 0.2) is 30.3 Å². The predicted octanol–water partition coefficient (Wildman–Crippen LogP) is 2.62. The van der Waals surface area contributed by atoms with Crippen LogP contribution in [0.5, 0.6) is 0 Å². The van der Waals surface area contributed by atoms with E-state index < -0.39 is 0 Å². The summed E-state index contributed by atoms with van der Waals surface area (Å²) in [5.74, 6) is -0.0551. The van der Waals surface area contributed by atoms with Crippen molar-refractivity contribution in [1.82, 2.24) is 4.90 Å². The molecule has 1 aromatic rings. The molecular weight excluding hydrogens is 242 g/mol. The maximum absolute atomic E-state index is 12.0. The summed E-state index contributed by atoms with van der Waals surface area (Å²) in [5, 5.41) is 0. The number of carbonyl (C=O) groups is 2. The zero-order valence-electron chi connectivity index (χ0n) is 11.1. The first-order valence-corrected chi connectivity index (χ1v) is 6.63. The molecule has 19 heavy (non-hydrogen) atoms. The van der Waals surface area contributed by atoms with Crippen LogP contribution in [0.2, 0.25) is 0 Å². The maximum atomic E-state index is 12.0. The number of ether oxygens (including phenoxy) is 1. The molecule has 0 N–H and O–H groups in total.